The Hall–Kier alpha value is -7.96. The molecule has 0 N–H and O–H groups in total. The summed E-state index contributed by atoms with van der Waals surface area (Å²) in [6.07, 6.45) is 0. The maximum atomic E-state index is 6.87. The Bertz CT molecular complexity index is 3220. The Morgan fingerprint density at radius 3 is 1.41 bits per heavy atom. The minimum atomic E-state index is 0.543. The lowest BCUT2D eigenvalue weighted by atomic mass is 9.92. The predicted octanol–water partition coefficient (Wildman–Crippen LogP) is 13.6. The van der Waals surface area contributed by atoms with Gasteiger partial charge in [0.15, 0.2) is 23.1 Å². The maximum Gasteiger partial charge on any atom is 0.227 e. The monoisotopic (exact) mass is 744 g/mol. The fraction of sp³-hybridized carbons (Fsp3) is 0. The Kier molecular flexibility index (Phi) is 8.04. The van der Waals surface area contributed by atoms with Gasteiger partial charge in [-0.2, -0.15) is 0 Å². The van der Waals surface area contributed by atoms with Gasteiger partial charge >= 0.3 is 0 Å². The van der Waals surface area contributed by atoms with E-state index in [1.54, 1.807) is 0 Å². The Morgan fingerprint density at radius 2 is 0.776 bits per heavy atom. The van der Waals surface area contributed by atoms with Crippen LogP contribution in [0.25, 0.3) is 112 Å². The van der Waals surface area contributed by atoms with Crippen molar-refractivity contribution in [2.24, 2.45) is 0 Å². The van der Waals surface area contributed by atoms with Crippen LogP contribution >= 0.6 is 0 Å². The molecule has 0 atom stereocenters. The highest BCUT2D eigenvalue weighted by molar-refractivity contribution is 6.13. The molecule has 58 heavy (non-hydrogen) atoms. The molecule has 8 aromatic carbocycles. The molecule has 0 aliphatic heterocycles. The predicted molar refractivity (Wildman–Crippen MR) is 233 cm³/mol. The van der Waals surface area contributed by atoms with Crippen molar-refractivity contribution in [3.8, 4) is 79.0 Å². The lowest BCUT2D eigenvalue weighted by Gasteiger charge is -2.12. The molecule has 6 heteroatoms. The zero-order valence-corrected chi connectivity index (χ0v) is 31.1. The highest BCUT2D eigenvalue weighted by atomic mass is 16.3. The van der Waals surface area contributed by atoms with Crippen LogP contribution in [0.5, 0.6) is 0 Å². The largest absolute Gasteiger partial charge is 0.455 e. The van der Waals surface area contributed by atoms with E-state index in [0.717, 1.165) is 77.5 Å². The van der Waals surface area contributed by atoms with Crippen molar-refractivity contribution in [2.75, 3.05) is 0 Å². The van der Waals surface area contributed by atoms with Crippen LogP contribution in [-0.4, -0.2) is 19.9 Å². The van der Waals surface area contributed by atoms with E-state index in [2.05, 4.69) is 103 Å². The molecule has 6 nitrogen and oxygen atoms in total. The van der Waals surface area contributed by atoms with Crippen molar-refractivity contribution < 1.29 is 8.83 Å². The minimum Gasteiger partial charge on any atom is -0.455 e. The van der Waals surface area contributed by atoms with Crippen LogP contribution in [0.3, 0.4) is 0 Å². The first kappa shape index (κ1) is 33.4. The first-order chi connectivity index (χ1) is 28.7. The van der Waals surface area contributed by atoms with E-state index >= 15 is 0 Å². The van der Waals surface area contributed by atoms with Crippen LogP contribution in [0.4, 0.5) is 0 Å². The molecule has 0 saturated carbocycles. The third kappa shape index (κ3) is 5.83. The molecule has 0 aliphatic rings. The summed E-state index contributed by atoms with van der Waals surface area (Å²) in [6.45, 7) is 0. The Labute approximate surface area is 333 Å². The molecule has 3 heterocycles. The summed E-state index contributed by atoms with van der Waals surface area (Å²) in [7, 11) is 0. The number of furan rings is 1. The molecule has 0 amide bonds. The van der Waals surface area contributed by atoms with Crippen LogP contribution < -0.4 is 0 Å². The molecule has 272 valence electrons. The van der Waals surface area contributed by atoms with Gasteiger partial charge in [0.1, 0.15) is 16.7 Å². The molecule has 11 rings (SSSR count). The average Bonchev–Trinajstić information content (AvgIpc) is 3.91. The van der Waals surface area contributed by atoms with Crippen molar-refractivity contribution in [3.05, 3.63) is 194 Å². The van der Waals surface area contributed by atoms with Crippen molar-refractivity contribution >= 4 is 33.0 Å². The summed E-state index contributed by atoms with van der Waals surface area (Å²) < 4.78 is 13.5. The topological polar surface area (TPSA) is 77.8 Å². The van der Waals surface area contributed by atoms with Crippen LogP contribution in [0.1, 0.15) is 0 Å². The molecule has 0 aliphatic carbocycles. The Balaban J connectivity index is 1.02. The lowest BCUT2D eigenvalue weighted by Crippen LogP contribution is -2.00. The highest BCUT2D eigenvalue weighted by Gasteiger charge is 2.21. The van der Waals surface area contributed by atoms with Crippen LogP contribution in [0.15, 0.2) is 203 Å². The van der Waals surface area contributed by atoms with Gasteiger partial charge in [-0.1, -0.05) is 170 Å². The average molecular weight is 745 g/mol. The molecule has 0 spiro atoms. The minimum absolute atomic E-state index is 0.543. The van der Waals surface area contributed by atoms with Gasteiger partial charge < -0.3 is 8.83 Å². The number of aromatic nitrogens is 4. The van der Waals surface area contributed by atoms with E-state index in [1.807, 2.05) is 91.0 Å². The molecule has 3 aromatic heterocycles. The summed E-state index contributed by atoms with van der Waals surface area (Å²) in [5, 5.41) is 1.98. The van der Waals surface area contributed by atoms with E-state index in [-0.39, 0.29) is 0 Å². The number of nitrogens with zero attached hydrogens (tertiary/aromatic N) is 4. The van der Waals surface area contributed by atoms with E-state index in [1.165, 1.54) is 0 Å². The van der Waals surface area contributed by atoms with E-state index in [9.17, 15) is 0 Å². The van der Waals surface area contributed by atoms with E-state index in [0.29, 0.717) is 34.5 Å². The summed E-state index contributed by atoms with van der Waals surface area (Å²) in [5.41, 5.74) is 12.9. The number of para-hydroxylation sites is 2. The number of fused-ring (bicyclic) bond motifs is 4. The molecule has 11 aromatic rings. The van der Waals surface area contributed by atoms with Crippen molar-refractivity contribution in [1.29, 1.82) is 0 Å². The van der Waals surface area contributed by atoms with Crippen LogP contribution in [0, 0.1) is 0 Å². The zero-order valence-electron chi connectivity index (χ0n) is 31.1. The smallest absolute Gasteiger partial charge is 0.227 e. The summed E-state index contributed by atoms with van der Waals surface area (Å²) in [5.74, 6) is 2.31. The summed E-state index contributed by atoms with van der Waals surface area (Å²) >= 11 is 0. The number of hydrogen-bond donors (Lipinski definition) is 0. The molecule has 0 bridgehead atoms. The number of benzene rings is 8. The quantitative estimate of drug-likeness (QED) is 0.162. The van der Waals surface area contributed by atoms with Gasteiger partial charge in [0.05, 0.1) is 5.56 Å². The number of oxazole rings is 1. The highest BCUT2D eigenvalue weighted by Crippen LogP contribution is 2.42. The third-order valence-electron chi connectivity index (χ3n) is 10.6. The molecule has 0 radical (unpaired) electrons. The van der Waals surface area contributed by atoms with Gasteiger partial charge in [-0.3, -0.25) is 0 Å². The lowest BCUT2D eigenvalue weighted by molar-refractivity contribution is 0.620. The van der Waals surface area contributed by atoms with Crippen LogP contribution in [0.2, 0.25) is 0 Å². The normalized spacial score (nSPS) is 11.4. The van der Waals surface area contributed by atoms with Crippen molar-refractivity contribution in [2.45, 2.75) is 0 Å². The SMILES string of the molecule is c1ccc(-c2nc(-c3ccccc3)nc(-c3cccc4c3oc3c(-c5ccc6nc(-c7ccccc7-c7ccccc7-c7ccccc7)oc6c5)cccc34)n2)cc1. The Morgan fingerprint density at radius 1 is 0.293 bits per heavy atom. The zero-order chi connectivity index (χ0) is 38.4. The van der Waals surface area contributed by atoms with Gasteiger partial charge in [0, 0.05) is 33.0 Å². The second-order valence-corrected chi connectivity index (χ2v) is 14.2. The second kappa shape index (κ2) is 14.0. The van der Waals surface area contributed by atoms with Gasteiger partial charge in [-0.05, 0) is 52.1 Å². The van der Waals surface area contributed by atoms with Gasteiger partial charge in [0.25, 0.3) is 0 Å². The molecular weight excluding hydrogens is 713 g/mol. The third-order valence-corrected chi connectivity index (χ3v) is 10.6. The van der Waals surface area contributed by atoms with Crippen molar-refractivity contribution in [3.63, 3.8) is 0 Å². The fourth-order valence-corrected chi connectivity index (χ4v) is 7.85. The van der Waals surface area contributed by atoms with Crippen molar-refractivity contribution in [1.82, 2.24) is 19.9 Å². The first-order valence-corrected chi connectivity index (χ1v) is 19.2. The standard InChI is InChI=1S/C52H32N4O2/c1-4-16-33(17-5-1)37-22-10-11-23-39(37)40-24-12-13-25-43(40)52-53-45-31-30-36(32-46(45)57-52)38-26-14-27-41-42-28-15-29-44(48(42)58-47(38)41)51-55-49(34-18-6-2-7-19-34)54-50(56-51)35-20-8-3-9-21-35/h1-32H. The number of hydrogen-bond acceptors (Lipinski definition) is 6. The van der Waals surface area contributed by atoms with Gasteiger partial charge in [-0.15, -0.1) is 0 Å². The van der Waals surface area contributed by atoms with Gasteiger partial charge in [0.2, 0.25) is 5.89 Å². The molecular formula is C52H32N4O2. The fourth-order valence-electron chi connectivity index (χ4n) is 7.85. The van der Waals surface area contributed by atoms with Crippen LogP contribution in [-0.2, 0) is 0 Å². The number of rotatable bonds is 7. The molecule has 0 fully saturated rings. The van der Waals surface area contributed by atoms with Gasteiger partial charge in [-0.25, -0.2) is 19.9 Å². The maximum absolute atomic E-state index is 6.87. The van der Waals surface area contributed by atoms with E-state index in [4.69, 9.17) is 28.8 Å². The summed E-state index contributed by atoms with van der Waals surface area (Å²) in [6, 6.07) is 65.8. The van der Waals surface area contributed by atoms with E-state index < -0.39 is 0 Å². The second-order valence-electron chi connectivity index (χ2n) is 14.2. The molecule has 0 saturated heterocycles. The summed E-state index contributed by atoms with van der Waals surface area (Å²) in [4.78, 5) is 19.9. The first-order valence-electron chi connectivity index (χ1n) is 19.2. The molecule has 0 unspecified atom stereocenters.